The first-order valence-corrected chi connectivity index (χ1v) is 7.44. The highest BCUT2D eigenvalue weighted by atomic mass is 35.5. The van der Waals surface area contributed by atoms with Crippen LogP contribution in [0.1, 0.15) is 6.92 Å². The maximum Gasteiger partial charge on any atom is 0.262 e. The van der Waals surface area contributed by atoms with E-state index in [0.29, 0.717) is 33.8 Å². The molecule has 0 heterocycles. The summed E-state index contributed by atoms with van der Waals surface area (Å²) >= 11 is 11.8. The Morgan fingerprint density at radius 2 is 1.95 bits per heavy atom. The Labute approximate surface area is 138 Å². The van der Waals surface area contributed by atoms with E-state index < -0.39 is 0 Å². The van der Waals surface area contributed by atoms with Gasteiger partial charge in [0.15, 0.2) is 6.61 Å². The van der Waals surface area contributed by atoms with Crippen LogP contribution in [0.4, 0.5) is 5.69 Å². The maximum absolute atomic E-state index is 11.9. The summed E-state index contributed by atoms with van der Waals surface area (Å²) in [7, 11) is 0. The van der Waals surface area contributed by atoms with E-state index in [1.165, 1.54) is 0 Å². The van der Waals surface area contributed by atoms with Crippen LogP contribution in [-0.4, -0.2) is 19.1 Å². The smallest absolute Gasteiger partial charge is 0.262 e. The van der Waals surface area contributed by atoms with E-state index in [4.69, 9.17) is 32.7 Å². The van der Waals surface area contributed by atoms with Gasteiger partial charge in [-0.05, 0) is 37.3 Å². The second kappa shape index (κ2) is 7.92. The summed E-state index contributed by atoms with van der Waals surface area (Å²) in [6, 6.07) is 12.0. The molecule has 0 unspecified atom stereocenters. The van der Waals surface area contributed by atoms with E-state index in [9.17, 15) is 4.79 Å². The van der Waals surface area contributed by atoms with Gasteiger partial charge in [-0.1, -0.05) is 29.3 Å². The van der Waals surface area contributed by atoms with Crippen LogP contribution >= 0.6 is 23.2 Å². The molecule has 0 aliphatic rings. The van der Waals surface area contributed by atoms with E-state index in [2.05, 4.69) is 5.32 Å². The van der Waals surface area contributed by atoms with Crippen molar-refractivity contribution >= 4 is 34.8 Å². The largest absolute Gasteiger partial charge is 0.494 e. The normalized spacial score (nSPS) is 10.1. The Kier molecular flexibility index (Phi) is 5.92. The third-order valence-electron chi connectivity index (χ3n) is 2.68. The van der Waals surface area contributed by atoms with Gasteiger partial charge in [0.05, 0.1) is 11.6 Å². The van der Waals surface area contributed by atoms with Crippen LogP contribution in [-0.2, 0) is 4.79 Å². The minimum Gasteiger partial charge on any atom is -0.494 e. The summed E-state index contributed by atoms with van der Waals surface area (Å²) in [5.74, 6) is 0.811. The number of rotatable bonds is 6. The van der Waals surface area contributed by atoms with E-state index in [-0.39, 0.29) is 12.5 Å². The Balaban J connectivity index is 1.91. The maximum atomic E-state index is 11.9. The molecule has 116 valence electrons. The predicted molar refractivity (Wildman–Crippen MR) is 88.2 cm³/mol. The zero-order valence-electron chi connectivity index (χ0n) is 11.9. The van der Waals surface area contributed by atoms with Crippen molar-refractivity contribution in [1.82, 2.24) is 0 Å². The van der Waals surface area contributed by atoms with Gasteiger partial charge in [-0.25, -0.2) is 0 Å². The molecule has 4 nitrogen and oxygen atoms in total. The number of hydrogen-bond donors (Lipinski definition) is 1. The van der Waals surface area contributed by atoms with Crippen LogP contribution in [0.2, 0.25) is 10.0 Å². The third-order valence-corrected chi connectivity index (χ3v) is 3.21. The molecule has 0 aliphatic carbocycles. The van der Waals surface area contributed by atoms with E-state index in [0.717, 1.165) is 0 Å². The highest BCUT2D eigenvalue weighted by Gasteiger charge is 2.07. The molecule has 0 saturated carbocycles. The van der Waals surface area contributed by atoms with Crippen molar-refractivity contribution in [3.05, 3.63) is 52.5 Å². The lowest BCUT2D eigenvalue weighted by molar-refractivity contribution is -0.118. The first kappa shape index (κ1) is 16.5. The third kappa shape index (κ3) is 4.83. The molecule has 0 fully saturated rings. The minimum atomic E-state index is -0.292. The van der Waals surface area contributed by atoms with Crippen LogP contribution < -0.4 is 14.8 Å². The first-order valence-electron chi connectivity index (χ1n) is 6.69. The molecule has 2 rings (SSSR count). The second-order valence-electron chi connectivity index (χ2n) is 4.37. The Morgan fingerprint density at radius 1 is 1.14 bits per heavy atom. The van der Waals surface area contributed by atoms with Gasteiger partial charge in [-0.3, -0.25) is 4.79 Å². The standard InChI is InChI=1S/C16H15Cl2NO3/c1-2-21-13-5-3-4-12(9-13)19-16(20)10-22-15-7-6-11(17)8-14(15)18/h3-9H,2,10H2,1H3,(H,19,20). The van der Waals surface area contributed by atoms with Gasteiger partial charge in [0.25, 0.3) is 5.91 Å². The molecule has 22 heavy (non-hydrogen) atoms. The van der Waals surface area contributed by atoms with Gasteiger partial charge in [0.1, 0.15) is 11.5 Å². The van der Waals surface area contributed by atoms with Gasteiger partial charge < -0.3 is 14.8 Å². The van der Waals surface area contributed by atoms with Crippen LogP contribution in [0, 0.1) is 0 Å². The number of halogens is 2. The fourth-order valence-corrected chi connectivity index (χ4v) is 2.23. The van der Waals surface area contributed by atoms with Crippen molar-refractivity contribution in [3.63, 3.8) is 0 Å². The van der Waals surface area contributed by atoms with E-state index >= 15 is 0 Å². The summed E-state index contributed by atoms with van der Waals surface area (Å²) in [5.41, 5.74) is 0.641. The summed E-state index contributed by atoms with van der Waals surface area (Å²) in [6.45, 7) is 2.31. The Morgan fingerprint density at radius 3 is 2.68 bits per heavy atom. The van der Waals surface area contributed by atoms with Gasteiger partial charge in [-0.2, -0.15) is 0 Å². The van der Waals surface area contributed by atoms with E-state index in [1.807, 2.05) is 13.0 Å². The number of nitrogens with one attached hydrogen (secondary N) is 1. The summed E-state index contributed by atoms with van der Waals surface area (Å²) < 4.78 is 10.7. The van der Waals surface area contributed by atoms with Crippen molar-refractivity contribution < 1.29 is 14.3 Å². The number of anilines is 1. The summed E-state index contributed by atoms with van der Waals surface area (Å²) in [5, 5.41) is 3.60. The number of benzene rings is 2. The molecule has 0 spiro atoms. The molecule has 0 aromatic heterocycles. The molecule has 1 N–H and O–H groups in total. The number of hydrogen-bond acceptors (Lipinski definition) is 3. The Hall–Kier alpha value is -1.91. The highest BCUT2D eigenvalue weighted by Crippen LogP contribution is 2.27. The number of amides is 1. The number of carbonyl (C=O) groups is 1. The fourth-order valence-electron chi connectivity index (χ4n) is 1.76. The molecule has 2 aromatic rings. The summed E-state index contributed by atoms with van der Waals surface area (Å²) in [4.78, 5) is 11.9. The molecule has 6 heteroatoms. The fraction of sp³-hybridized carbons (Fsp3) is 0.188. The van der Waals surface area contributed by atoms with Crippen LogP contribution in [0.5, 0.6) is 11.5 Å². The second-order valence-corrected chi connectivity index (χ2v) is 5.22. The molecule has 0 radical (unpaired) electrons. The van der Waals surface area contributed by atoms with Crippen molar-refractivity contribution in [2.24, 2.45) is 0 Å². The van der Waals surface area contributed by atoms with Crippen molar-refractivity contribution in [1.29, 1.82) is 0 Å². The topological polar surface area (TPSA) is 47.6 Å². The SMILES string of the molecule is CCOc1cccc(NC(=O)COc2ccc(Cl)cc2Cl)c1. The molecular formula is C16H15Cl2NO3. The lowest BCUT2D eigenvalue weighted by atomic mass is 10.3. The van der Waals surface area contributed by atoms with Crippen LogP contribution in [0.25, 0.3) is 0 Å². The lowest BCUT2D eigenvalue weighted by Gasteiger charge is -2.10. The number of ether oxygens (including phenoxy) is 2. The Bertz CT molecular complexity index is 662. The molecule has 1 amide bonds. The van der Waals surface area contributed by atoms with E-state index in [1.54, 1.807) is 36.4 Å². The molecule has 0 bridgehead atoms. The van der Waals surface area contributed by atoms with Crippen molar-refractivity contribution in [3.8, 4) is 11.5 Å². The zero-order valence-corrected chi connectivity index (χ0v) is 13.4. The molecule has 2 aromatic carbocycles. The van der Waals surface area contributed by atoms with Gasteiger partial charge in [0, 0.05) is 16.8 Å². The van der Waals surface area contributed by atoms with Crippen molar-refractivity contribution in [2.75, 3.05) is 18.5 Å². The van der Waals surface area contributed by atoms with Crippen LogP contribution in [0.3, 0.4) is 0 Å². The molecule has 0 aliphatic heterocycles. The lowest BCUT2D eigenvalue weighted by Crippen LogP contribution is -2.20. The molecule has 0 atom stereocenters. The molecule has 0 saturated heterocycles. The summed E-state index contributed by atoms with van der Waals surface area (Å²) in [6.07, 6.45) is 0. The average molecular weight is 340 g/mol. The van der Waals surface area contributed by atoms with Gasteiger partial charge >= 0.3 is 0 Å². The molecular weight excluding hydrogens is 325 g/mol. The number of carbonyl (C=O) groups excluding carboxylic acids is 1. The monoisotopic (exact) mass is 339 g/mol. The van der Waals surface area contributed by atoms with Crippen molar-refractivity contribution in [2.45, 2.75) is 6.92 Å². The van der Waals surface area contributed by atoms with Gasteiger partial charge in [-0.15, -0.1) is 0 Å². The minimum absolute atomic E-state index is 0.153. The average Bonchev–Trinajstić information content (AvgIpc) is 2.47. The van der Waals surface area contributed by atoms with Gasteiger partial charge in [0.2, 0.25) is 0 Å². The highest BCUT2D eigenvalue weighted by molar-refractivity contribution is 6.35. The quantitative estimate of drug-likeness (QED) is 0.847. The zero-order chi connectivity index (χ0) is 15.9. The first-order chi connectivity index (χ1) is 10.6. The van der Waals surface area contributed by atoms with Crippen LogP contribution in [0.15, 0.2) is 42.5 Å². The predicted octanol–water partition coefficient (Wildman–Crippen LogP) is 4.41.